The molecule has 0 radical (unpaired) electrons. The molecular formula is C24H33NO9S. The highest BCUT2D eigenvalue weighted by molar-refractivity contribution is 7.86. The van der Waals surface area contributed by atoms with Crippen molar-refractivity contribution in [3.8, 4) is 0 Å². The van der Waals surface area contributed by atoms with Crippen LogP contribution in [0.4, 0.5) is 4.79 Å². The zero-order chi connectivity index (χ0) is 26.6. The van der Waals surface area contributed by atoms with Gasteiger partial charge in [-0.3, -0.25) is 8.98 Å². The summed E-state index contributed by atoms with van der Waals surface area (Å²) in [4.78, 5) is 37.9. The number of carbonyl (C=O) groups excluding carboxylic acids is 1. The lowest BCUT2D eigenvalue weighted by molar-refractivity contribution is -0.154. The highest BCUT2D eigenvalue weighted by Crippen LogP contribution is 2.77. The number of ether oxygens (including phenoxy) is 1. The Morgan fingerprint density at radius 2 is 1.66 bits per heavy atom. The number of aliphatic carboxylic acids is 2. The van der Waals surface area contributed by atoms with E-state index < -0.39 is 68.6 Å². The fourth-order valence-electron chi connectivity index (χ4n) is 6.07. The number of carbonyl (C=O) groups is 3. The third-order valence-electron chi connectivity index (χ3n) is 7.31. The van der Waals surface area contributed by atoms with Gasteiger partial charge in [0, 0.05) is 17.3 Å². The monoisotopic (exact) mass is 511 g/mol. The largest absolute Gasteiger partial charge is 0.481 e. The summed E-state index contributed by atoms with van der Waals surface area (Å²) in [6, 6.07) is 5.94. The first-order valence-electron chi connectivity index (χ1n) is 11.6. The number of carboxylic acids is 2. The van der Waals surface area contributed by atoms with Crippen LogP contribution in [0.15, 0.2) is 29.2 Å². The smallest absolute Gasteiger partial charge is 0.408 e. The van der Waals surface area contributed by atoms with Crippen LogP contribution >= 0.6 is 0 Å². The number of hydrogen-bond acceptors (Lipinski definition) is 7. The second-order valence-corrected chi connectivity index (χ2v) is 11.9. The van der Waals surface area contributed by atoms with Crippen molar-refractivity contribution in [2.45, 2.75) is 76.5 Å². The first-order chi connectivity index (χ1) is 16.1. The van der Waals surface area contributed by atoms with Crippen molar-refractivity contribution in [3.05, 3.63) is 29.8 Å². The van der Waals surface area contributed by atoms with E-state index in [9.17, 15) is 33.0 Å². The van der Waals surface area contributed by atoms with Crippen molar-refractivity contribution in [3.63, 3.8) is 0 Å². The molecule has 0 aromatic heterocycles. The summed E-state index contributed by atoms with van der Waals surface area (Å²) in [5.74, 6) is -5.93. The Bertz CT molecular complexity index is 1120. The molecule has 2 aliphatic rings. The number of aryl methyl sites for hydroxylation is 1. The molecule has 2 saturated carbocycles. The second kappa shape index (κ2) is 8.77. The summed E-state index contributed by atoms with van der Waals surface area (Å²) in [7, 11) is -4.36. The standard InChI is InChI=1S/C24H33NO9S/c1-7-15-18(34-35(31,32)14-11-9-13(3)10-12-14)16-17(19(26)27)23(16,8-2)24(15,20(28)29)25-21(30)33-22(4,5)6/h9-12,15-18H,7-8H2,1-6H3,(H,25,30)(H,26,27)(H,28,29). The number of fused-ring (bicyclic) bond motifs is 1. The van der Waals surface area contributed by atoms with Gasteiger partial charge in [0.1, 0.15) is 5.60 Å². The van der Waals surface area contributed by atoms with Crippen LogP contribution < -0.4 is 5.32 Å². The van der Waals surface area contributed by atoms with Gasteiger partial charge in [0.2, 0.25) is 0 Å². The number of benzene rings is 1. The first-order valence-corrected chi connectivity index (χ1v) is 13.0. The van der Waals surface area contributed by atoms with E-state index in [0.29, 0.717) is 0 Å². The van der Waals surface area contributed by atoms with E-state index in [1.54, 1.807) is 53.7 Å². The van der Waals surface area contributed by atoms with E-state index in [0.717, 1.165) is 5.56 Å². The van der Waals surface area contributed by atoms with E-state index in [2.05, 4.69) is 5.32 Å². The molecule has 1 aromatic rings. The summed E-state index contributed by atoms with van der Waals surface area (Å²) < 4.78 is 37.3. The maximum absolute atomic E-state index is 13.2. The Hall–Kier alpha value is -2.66. The van der Waals surface area contributed by atoms with E-state index in [4.69, 9.17) is 8.92 Å². The SMILES string of the molecule is CCC1C(OS(=O)(=O)c2ccc(C)cc2)C2C(C(=O)O)C2(CC)C1(NC(=O)OC(C)(C)C)C(=O)O. The number of nitrogens with one attached hydrogen (secondary N) is 1. The number of rotatable bonds is 8. The minimum Gasteiger partial charge on any atom is -0.481 e. The van der Waals surface area contributed by atoms with Gasteiger partial charge in [-0.25, -0.2) is 9.59 Å². The Kier molecular flexibility index (Phi) is 6.75. The minimum absolute atomic E-state index is 0.0671. The lowest BCUT2D eigenvalue weighted by Gasteiger charge is -2.42. The molecule has 194 valence electrons. The average Bonchev–Trinajstić information content (AvgIpc) is 3.36. The van der Waals surface area contributed by atoms with Crippen molar-refractivity contribution in [2.24, 2.45) is 23.2 Å². The maximum atomic E-state index is 13.2. The van der Waals surface area contributed by atoms with Crippen LogP contribution in [-0.2, 0) is 28.6 Å². The normalized spacial score (nSPS) is 31.9. The summed E-state index contributed by atoms with van der Waals surface area (Å²) >= 11 is 0. The number of amides is 1. The molecule has 35 heavy (non-hydrogen) atoms. The van der Waals surface area contributed by atoms with Gasteiger partial charge in [0.05, 0.1) is 16.9 Å². The molecule has 6 atom stereocenters. The van der Waals surface area contributed by atoms with Crippen molar-refractivity contribution >= 4 is 28.1 Å². The predicted octanol–water partition coefficient (Wildman–Crippen LogP) is 3.18. The molecule has 0 bridgehead atoms. The molecule has 6 unspecified atom stereocenters. The van der Waals surface area contributed by atoms with Gasteiger partial charge in [0.15, 0.2) is 5.54 Å². The maximum Gasteiger partial charge on any atom is 0.408 e. The molecule has 0 spiro atoms. The molecule has 1 amide bonds. The molecule has 11 heteroatoms. The molecule has 2 fully saturated rings. The third-order valence-corrected chi connectivity index (χ3v) is 8.64. The van der Waals surface area contributed by atoms with Gasteiger partial charge in [-0.1, -0.05) is 31.5 Å². The first kappa shape index (κ1) is 26.9. The summed E-state index contributed by atoms with van der Waals surface area (Å²) in [6.45, 7) is 9.92. The van der Waals surface area contributed by atoms with Crippen LogP contribution in [0.3, 0.4) is 0 Å². The van der Waals surface area contributed by atoms with Crippen molar-refractivity contribution in [2.75, 3.05) is 0 Å². The third kappa shape index (κ3) is 4.18. The Labute approximate surface area is 205 Å². The number of hydrogen-bond donors (Lipinski definition) is 3. The lowest BCUT2D eigenvalue weighted by atomic mass is 9.70. The molecular weight excluding hydrogens is 478 g/mol. The van der Waals surface area contributed by atoms with Crippen LogP contribution in [-0.4, -0.2) is 53.9 Å². The van der Waals surface area contributed by atoms with Crippen LogP contribution in [0.25, 0.3) is 0 Å². The molecule has 0 aliphatic heterocycles. The fourth-order valence-corrected chi connectivity index (χ4v) is 7.19. The van der Waals surface area contributed by atoms with Crippen molar-refractivity contribution in [1.29, 1.82) is 0 Å². The van der Waals surface area contributed by atoms with E-state index in [-0.39, 0.29) is 17.7 Å². The van der Waals surface area contributed by atoms with Gasteiger partial charge in [-0.05, 0) is 52.7 Å². The van der Waals surface area contributed by atoms with Crippen LogP contribution in [0.2, 0.25) is 0 Å². The van der Waals surface area contributed by atoms with Gasteiger partial charge in [-0.2, -0.15) is 8.42 Å². The Morgan fingerprint density at radius 3 is 2.09 bits per heavy atom. The van der Waals surface area contributed by atoms with Crippen molar-refractivity contribution < 1.29 is 41.9 Å². The average molecular weight is 512 g/mol. The number of alkyl carbamates (subject to hydrolysis) is 1. The van der Waals surface area contributed by atoms with Gasteiger partial charge < -0.3 is 20.3 Å². The van der Waals surface area contributed by atoms with E-state index >= 15 is 0 Å². The highest BCUT2D eigenvalue weighted by atomic mass is 32.2. The van der Waals surface area contributed by atoms with Crippen LogP contribution in [0.1, 0.15) is 53.0 Å². The van der Waals surface area contributed by atoms with Crippen molar-refractivity contribution in [1.82, 2.24) is 5.32 Å². The van der Waals surface area contributed by atoms with Gasteiger partial charge in [0.25, 0.3) is 10.1 Å². The molecule has 3 rings (SSSR count). The van der Waals surface area contributed by atoms with Gasteiger partial charge >= 0.3 is 18.0 Å². The molecule has 0 heterocycles. The summed E-state index contributed by atoms with van der Waals surface area (Å²) in [6.07, 6.45) is -2.13. The minimum atomic E-state index is -4.36. The molecule has 10 nitrogen and oxygen atoms in total. The molecule has 1 aromatic carbocycles. The summed E-state index contributed by atoms with van der Waals surface area (Å²) in [5, 5.41) is 23.0. The quantitative estimate of drug-likeness (QED) is 0.446. The second-order valence-electron chi connectivity index (χ2n) is 10.3. The van der Waals surface area contributed by atoms with E-state index in [1.807, 2.05) is 0 Å². The molecule has 3 N–H and O–H groups in total. The van der Waals surface area contributed by atoms with Crippen LogP contribution in [0.5, 0.6) is 0 Å². The Balaban J connectivity index is 2.13. The molecule has 2 aliphatic carbocycles. The summed E-state index contributed by atoms with van der Waals surface area (Å²) in [5.41, 5.74) is -3.68. The van der Waals surface area contributed by atoms with E-state index in [1.165, 1.54) is 12.1 Å². The fraction of sp³-hybridized carbons (Fsp3) is 0.625. The van der Waals surface area contributed by atoms with Crippen LogP contribution in [0, 0.1) is 30.1 Å². The lowest BCUT2D eigenvalue weighted by Crippen LogP contribution is -2.65. The highest BCUT2D eigenvalue weighted by Gasteiger charge is 2.88. The predicted molar refractivity (Wildman–Crippen MR) is 124 cm³/mol. The van der Waals surface area contributed by atoms with Gasteiger partial charge in [-0.15, -0.1) is 0 Å². The molecule has 0 saturated heterocycles. The number of carboxylic acid groups (broad SMARTS) is 2. The zero-order valence-corrected chi connectivity index (χ0v) is 21.5. The zero-order valence-electron chi connectivity index (χ0n) is 20.7. The topological polar surface area (TPSA) is 156 Å². The Morgan fingerprint density at radius 1 is 1.09 bits per heavy atom.